The Morgan fingerprint density at radius 1 is 1.14 bits per heavy atom. The van der Waals surface area contributed by atoms with Gasteiger partial charge in [0.15, 0.2) is 5.82 Å². The number of fused-ring (bicyclic) bond motifs is 1. The van der Waals surface area contributed by atoms with Crippen LogP contribution in [-0.4, -0.2) is 70.3 Å². The van der Waals surface area contributed by atoms with E-state index in [9.17, 15) is 13.6 Å². The van der Waals surface area contributed by atoms with E-state index < -0.39 is 11.8 Å². The minimum absolute atomic E-state index is 0.0112. The molecular weight excluding hydrogens is 500 g/mol. The lowest BCUT2D eigenvalue weighted by Crippen LogP contribution is -2.32. The summed E-state index contributed by atoms with van der Waals surface area (Å²) in [6.45, 7) is 2.97. The maximum absolute atomic E-state index is 14.8. The highest BCUT2D eigenvalue weighted by Crippen LogP contribution is 2.40. The molecule has 3 aromatic heterocycles. The second kappa shape index (κ2) is 11.1. The fourth-order valence-electron chi connectivity index (χ4n) is 4.20. The Kier molecular flexibility index (Phi) is 7.49. The molecule has 0 aliphatic carbocycles. The van der Waals surface area contributed by atoms with Crippen LogP contribution in [0.3, 0.4) is 0 Å². The highest BCUT2D eigenvalue weighted by molar-refractivity contribution is 7.22. The number of rotatable bonds is 10. The average Bonchev–Trinajstić information content (AvgIpc) is 3.52. The third-order valence-corrected chi connectivity index (χ3v) is 7.17. The molecule has 0 unspecified atom stereocenters. The van der Waals surface area contributed by atoms with Crippen LogP contribution < -0.4 is 16.0 Å². The van der Waals surface area contributed by atoms with E-state index in [-0.39, 0.29) is 24.3 Å². The summed E-state index contributed by atoms with van der Waals surface area (Å²) >= 11 is 1.36. The molecule has 1 aliphatic rings. The summed E-state index contributed by atoms with van der Waals surface area (Å²) < 4.78 is 29.8. The number of carbonyl (C=O) groups excluding carboxylic acids is 1. The number of thiophene rings is 1. The number of halogens is 2. The minimum Gasteiger partial charge on any atom is -0.395 e. The lowest BCUT2D eigenvalue weighted by atomic mass is 10.0. The molecule has 0 saturated carbocycles. The Morgan fingerprint density at radius 3 is 2.84 bits per heavy atom. The van der Waals surface area contributed by atoms with E-state index in [0.29, 0.717) is 49.7 Å². The maximum Gasteiger partial charge on any atom is 0.317 e. The second-order valence-corrected chi connectivity index (χ2v) is 9.49. The van der Waals surface area contributed by atoms with Crippen LogP contribution in [0.5, 0.6) is 0 Å². The topological polar surface area (TPSA) is 115 Å². The molecule has 0 radical (unpaired) electrons. The van der Waals surface area contributed by atoms with Crippen LogP contribution in [0.25, 0.3) is 31.8 Å². The Morgan fingerprint density at radius 2 is 2.03 bits per heavy atom. The molecule has 4 aromatic rings. The van der Waals surface area contributed by atoms with Crippen LogP contribution in [-0.2, 0) is 6.54 Å². The SMILES string of the molecule is O=C1NCCN1CCNc1ncc(F)c(-c2cc3cccc(-c4cc(F)ncc4CNCCO)c3s2)n1. The Labute approximate surface area is 215 Å². The van der Waals surface area contributed by atoms with E-state index in [1.165, 1.54) is 23.6 Å². The van der Waals surface area contributed by atoms with Gasteiger partial charge in [-0.1, -0.05) is 18.2 Å². The van der Waals surface area contributed by atoms with Crippen LogP contribution in [0.1, 0.15) is 5.56 Å². The largest absolute Gasteiger partial charge is 0.395 e. The summed E-state index contributed by atoms with van der Waals surface area (Å²) in [6, 6.07) is 8.82. The summed E-state index contributed by atoms with van der Waals surface area (Å²) in [5.74, 6) is -0.887. The van der Waals surface area contributed by atoms with E-state index in [0.717, 1.165) is 27.4 Å². The molecule has 5 rings (SSSR count). The van der Waals surface area contributed by atoms with Gasteiger partial charge in [0.1, 0.15) is 5.69 Å². The van der Waals surface area contributed by atoms with Gasteiger partial charge >= 0.3 is 6.03 Å². The number of anilines is 1. The highest BCUT2D eigenvalue weighted by Gasteiger charge is 2.19. The third-order valence-electron chi connectivity index (χ3n) is 5.98. The van der Waals surface area contributed by atoms with Gasteiger partial charge in [0.25, 0.3) is 0 Å². The fraction of sp³-hybridized carbons (Fsp3) is 0.280. The molecule has 4 N–H and O–H groups in total. The van der Waals surface area contributed by atoms with Crippen molar-refractivity contribution >= 4 is 33.4 Å². The quantitative estimate of drug-likeness (QED) is 0.186. The van der Waals surface area contributed by atoms with Crippen molar-refractivity contribution in [3.05, 3.63) is 60.1 Å². The van der Waals surface area contributed by atoms with E-state index in [2.05, 4.69) is 30.9 Å². The zero-order valence-electron chi connectivity index (χ0n) is 19.8. The van der Waals surface area contributed by atoms with Crippen LogP contribution in [0, 0.1) is 11.8 Å². The summed E-state index contributed by atoms with van der Waals surface area (Å²) in [6.07, 6.45) is 2.61. The molecular formula is C25H25F2N7O2S. The van der Waals surface area contributed by atoms with Gasteiger partial charge in [-0.25, -0.2) is 24.1 Å². The number of hydrogen-bond donors (Lipinski definition) is 4. The molecule has 37 heavy (non-hydrogen) atoms. The van der Waals surface area contributed by atoms with E-state index in [4.69, 9.17) is 5.11 Å². The number of amides is 2. The van der Waals surface area contributed by atoms with Crippen molar-refractivity contribution in [2.45, 2.75) is 6.54 Å². The molecule has 1 fully saturated rings. The second-order valence-electron chi connectivity index (χ2n) is 8.44. The van der Waals surface area contributed by atoms with Crippen molar-refractivity contribution in [2.24, 2.45) is 0 Å². The molecule has 12 heteroatoms. The first-order valence-electron chi connectivity index (χ1n) is 11.8. The monoisotopic (exact) mass is 525 g/mol. The van der Waals surface area contributed by atoms with Gasteiger partial charge in [-0.2, -0.15) is 4.39 Å². The molecule has 0 spiro atoms. The number of aliphatic hydroxyl groups is 1. The number of aromatic nitrogens is 3. The van der Waals surface area contributed by atoms with Gasteiger partial charge in [-0.05, 0) is 22.6 Å². The number of pyridine rings is 1. The Balaban J connectivity index is 1.44. The normalized spacial score (nSPS) is 13.4. The predicted octanol–water partition coefficient (Wildman–Crippen LogP) is 3.22. The van der Waals surface area contributed by atoms with Crippen molar-refractivity contribution in [1.29, 1.82) is 0 Å². The number of carbonyl (C=O) groups is 1. The lowest BCUT2D eigenvalue weighted by Gasteiger charge is -2.14. The predicted molar refractivity (Wildman–Crippen MR) is 138 cm³/mol. The van der Waals surface area contributed by atoms with Gasteiger partial charge in [0, 0.05) is 61.8 Å². The minimum atomic E-state index is -0.598. The third kappa shape index (κ3) is 5.50. The summed E-state index contributed by atoms with van der Waals surface area (Å²) in [7, 11) is 0. The van der Waals surface area contributed by atoms with Gasteiger partial charge in [-0.3, -0.25) is 0 Å². The first kappa shape index (κ1) is 24.9. The number of nitrogens with zero attached hydrogens (tertiary/aromatic N) is 4. The van der Waals surface area contributed by atoms with Crippen LogP contribution in [0.4, 0.5) is 19.5 Å². The molecule has 1 saturated heterocycles. The first-order chi connectivity index (χ1) is 18.0. The Bertz CT molecular complexity index is 1430. The van der Waals surface area contributed by atoms with Gasteiger partial charge in [0.05, 0.1) is 17.7 Å². The van der Waals surface area contributed by atoms with Crippen LogP contribution in [0.15, 0.2) is 42.7 Å². The number of urea groups is 1. The number of hydrogen-bond acceptors (Lipinski definition) is 8. The standard InChI is InChI=1S/C25H25F2N7O2S/c26-19-14-32-24(29-4-7-34-8-5-30-25(34)36)33-22(19)20-10-15-2-1-3-17(23(15)37-20)18-11-21(27)31-13-16(18)12-28-6-9-35/h1-3,10-11,13-14,28,35H,4-9,12H2,(H,30,36)(H,29,32,33). The maximum atomic E-state index is 14.8. The van der Waals surface area contributed by atoms with Gasteiger partial charge in [-0.15, -0.1) is 11.3 Å². The summed E-state index contributed by atoms with van der Waals surface area (Å²) in [4.78, 5) is 26.2. The van der Waals surface area contributed by atoms with Crippen LogP contribution >= 0.6 is 11.3 Å². The van der Waals surface area contributed by atoms with Crippen molar-refractivity contribution in [3.63, 3.8) is 0 Å². The van der Waals surface area contributed by atoms with Gasteiger partial charge < -0.3 is 26.0 Å². The number of benzene rings is 1. The van der Waals surface area contributed by atoms with Gasteiger partial charge in [0.2, 0.25) is 11.9 Å². The lowest BCUT2D eigenvalue weighted by molar-refractivity contribution is 0.219. The molecule has 9 nitrogen and oxygen atoms in total. The smallest absolute Gasteiger partial charge is 0.317 e. The molecule has 0 bridgehead atoms. The molecule has 4 heterocycles. The zero-order valence-corrected chi connectivity index (χ0v) is 20.6. The van der Waals surface area contributed by atoms with Crippen molar-refractivity contribution < 1.29 is 18.7 Å². The molecule has 1 aliphatic heterocycles. The average molecular weight is 526 g/mol. The number of aliphatic hydroxyl groups excluding tert-OH is 1. The first-order valence-corrected chi connectivity index (χ1v) is 12.6. The van der Waals surface area contributed by atoms with E-state index in [1.807, 2.05) is 24.3 Å². The molecule has 192 valence electrons. The van der Waals surface area contributed by atoms with E-state index in [1.54, 1.807) is 4.90 Å². The highest BCUT2D eigenvalue weighted by atomic mass is 32.1. The fourth-order valence-corrected chi connectivity index (χ4v) is 5.37. The number of nitrogens with one attached hydrogen (secondary N) is 3. The molecule has 1 aromatic carbocycles. The molecule has 0 atom stereocenters. The van der Waals surface area contributed by atoms with Crippen molar-refractivity contribution in [3.8, 4) is 21.7 Å². The van der Waals surface area contributed by atoms with Crippen LogP contribution in [0.2, 0.25) is 0 Å². The zero-order chi connectivity index (χ0) is 25.8. The summed E-state index contributed by atoms with van der Waals surface area (Å²) in [5.41, 5.74) is 2.42. The molecule has 2 amide bonds. The Hall–Kier alpha value is -3.74. The van der Waals surface area contributed by atoms with Crippen molar-refractivity contribution in [2.75, 3.05) is 44.6 Å². The summed E-state index contributed by atoms with van der Waals surface area (Å²) in [5, 5.41) is 18.9. The van der Waals surface area contributed by atoms with Crippen molar-refractivity contribution in [1.82, 2.24) is 30.5 Å². The van der Waals surface area contributed by atoms with E-state index >= 15 is 0 Å².